The molecule has 0 aliphatic heterocycles. The first-order valence-corrected chi connectivity index (χ1v) is 19.1. The highest BCUT2D eigenvalue weighted by Gasteiger charge is 2.20. The largest absolute Gasteiger partial charge is 0.309 e. The summed E-state index contributed by atoms with van der Waals surface area (Å²) >= 11 is 0. The number of hydrogen-bond donors (Lipinski definition) is 0. The Labute approximate surface area is 322 Å². The number of benzene rings is 9. The Morgan fingerprint density at radius 3 is 1.82 bits per heavy atom. The van der Waals surface area contributed by atoms with E-state index in [-0.39, 0.29) is 0 Å². The highest BCUT2D eigenvalue weighted by molar-refractivity contribution is 6.22. The summed E-state index contributed by atoms with van der Waals surface area (Å²) in [7, 11) is 0. The van der Waals surface area contributed by atoms with Crippen molar-refractivity contribution in [1.29, 1.82) is 0 Å². The lowest BCUT2D eigenvalue weighted by Gasteiger charge is -2.12. The molecule has 0 amide bonds. The van der Waals surface area contributed by atoms with Gasteiger partial charge in [0.2, 0.25) is 5.95 Å². The maximum atomic E-state index is 5.34. The topological polar surface area (TPSA) is 35.6 Å². The molecule has 4 nitrogen and oxygen atoms in total. The zero-order valence-corrected chi connectivity index (χ0v) is 30.3. The van der Waals surface area contributed by atoms with Gasteiger partial charge in [0.05, 0.1) is 39.0 Å². The third kappa shape index (κ3) is 4.53. The van der Waals surface area contributed by atoms with Gasteiger partial charge in [0, 0.05) is 37.9 Å². The third-order valence-electron chi connectivity index (χ3n) is 11.5. The van der Waals surface area contributed by atoms with Crippen molar-refractivity contribution in [1.82, 2.24) is 19.1 Å². The second-order valence-corrected chi connectivity index (χ2v) is 14.6. The molecular formula is C52H32N4. The van der Waals surface area contributed by atoms with Crippen LogP contribution in [-0.4, -0.2) is 19.1 Å². The Morgan fingerprint density at radius 2 is 0.946 bits per heavy atom. The quantitative estimate of drug-likeness (QED) is 0.182. The van der Waals surface area contributed by atoms with Crippen LogP contribution in [0.4, 0.5) is 0 Å². The molecule has 0 saturated carbocycles. The van der Waals surface area contributed by atoms with Crippen molar-refractivity contribution in [2.75, 3.05) is 0 Å². The normalized spacial score (nSPS) is 11.9. The van der Waals surface area contributed by atoms with Crippen molar-refractivity contribution in [3.8, 4) is 34.0 Å². The van der Waals surface area contributed by atoms with Crippen LogP contribution in [0.1, 0.15) is 0 Å². The molecule has 260 valence electrons. The second-order valence-electron chi connectivity index (χ2n) is 14.6. The lowest BCUT2D eigenvalue weighted by Crippen LogP contribution is -2.03. The van der Waals surface area contributed by atoms with E-state index in [0.717, 1.165) is 44.3 Å². The van der Waals surface area contributed by atoms with Gasteiger partial charge >= 0.3 is 0 Å². The van der Waals surface area contributed by atoms with Crippen LogP contribution in [0.2, 0.25) is 0 Å². The second kappa shape index (κ2) is 12.0. The number of para-hydroxylation sites is 2. The van der Waals surface area contributed by atoms with E-state index in [4.69, 9.17) is 9.97 Å². The smallest absolute Gasteiger partial charge is 0.235 e. The first-order valence-electron chi connectivity index (χ1n) is 19.1. The fourth-order valence-corrected chi connectivity index (χ4v) is 8.98. The molecule has 3 aromatic heterocycles. The SMILES string of the molecule is c1ccc(-c2nc(-n3c4ccc(-c5ccc6c7ccccc7n(-c7cccc8ccccc78)c6c5)cc4c4c5ccccc5ccc43)nc3ccccc23)cc1. The molecule has 0 aliphatic carbocycles. The summed E-state index contributed by atoms with van der Waals surface area (Å²) < 4.78 is 4.69. The van der Waals surface area contributed by atoms with Crippen LogP contribution in [0.3, 0.4) is 0 Å². The molecule has 4 heteroatoms. The number of rotatable bonds is 4. The van der Waals surface area contributed by atoms with E-state index in [1.807, 2.05) is 6.07 Å². The summed E-state index contributed by atoms with van der Waals surface area (Å²) in [5.74, 6) is 0.659. The van der Waals surface area contributed by atoms with Gasteiger partial charge in [-0.25, -0.2) is 9.97 Å². The first kappa shape index (κ1) is 30.9. The van der Waals surface area contributed by atoms with E-state index in [0.29, 0.717) is 5.95 Å². The van der Waals surface area contributed by atoms with Crippen LogP contribution in [0.5, 0.6) is 0 Å². The molecule has 0 aliphatic rings. The highest BCUT2D eigenvalue weighted by atomic mass is 15.2. The molecule has 0 N–H and O–H groups in total. The third-order valence-corrected chi connectivity index (χ3v) is 11.5. The molecule has 12 aromatic rings. The lowest BCUT2D eigenvalue weighted by atomic mass is 9.99. The van der Waals surface area contributed by atoms with Gasteiger partial charge in [0.25, 0.3) is 0 Å². The number of nitrogens with zero attached hydrogens (tertiary/aromatic N) is 4. The van der Waals surface area contributed by atoms with Crippen molar-refractivity contribution < 1.29 is 0 Å². The van der Waals surface area contributed by atoms with Crippen molar-refractivity contribution in [2.45, 2.75) is 0 Å². The highest BCUT2D eigenvalue weighted by Crippen LogP contribution is 2.41. The summed E-state index contributed by atoms with van der Waals surface area (Å²) in [6.45, 7) is 0. The number of hydrogen-bond acceptors (Lipinski definition) is 2. The van der Waals surface area contributed by atoms with Crippen LogP contribution in [0.15, 0.2) is 194 Å². The molecular weight excluding hydrogens is 681 g/mol. The Kier molecular flexibility index (Phi) is 6.60. The summed E-state index contributed by atoms with van der Waals surface area (Å²) in [6.07, 6.45) is 0. The van der Waals surface area contributed by atoms with Crippen LogP contribution in [0, 0.1) is 0 Å². The molecule has 3 heterocycles. The number of aromatic nitrogens is 4. The van der Waals surface area contributed by atoms with Crippen LogP contribution < -0.4 is 0 Å². The average molecular weight is 713 g/mol. The Morgan fingerprint density at radius 1 is 0.321 bits per heavy atom. The minimum atomic E-state index is 0.659. The molecule has 0 fully saturated rings. The van der Waals surface area contributed by atoms with Gasteiger partial charge in [-0.2, -0.15) is 0 Å². The molecule has 0 bridgehead atoms. The van der Waals surface area contributed by atoms with Gasteiger partial charge < -0.3 is 4.57 Å². The van der Waals surface area contributed by atoms with Crippen LogP contribution in [0.25, 0.3) is 110 Å². The Hall–Kier alpha value is -7.56. The predicted molar refractivity (Wildman–Crippen MR) is 234 cm³/mol. The van der Waals surface area contributed by atoms with E-state index in [2.05, 4.69) is 197 Å². The van der Waals surface area contributed by atoms with E-state index in [9.17, 15) is 0 Å². The van der Waals surface area contributed by atoms with Gasteiger partial charge in [0.15, 0.2) is 0 Å². The van der Waals surface area contributed by atoms with E-state index in [1.165, 1.54) is 59.8 Å². The molecule has 9 aromatic carbocycles. The maximum absolute atomic E-state index is 5.34. The average Bonchev–Trinajstić information content (AvgIpc) is 3.78. The van der Waals surface area contributed by atoms with E-state index >= 15 is 0 Å². The predicted octanol–water partition coefficient (Wildman–Crippen LogP) is 13.5. The van der Waals surface area contributed by atoms with Gasteiger partial charge in [-0.05, 0) is 69.8 Å². The van der Waals surface area contributed by atoms with Gasteiger partial charge in [-0.1, -0.05) is 152 Å². The van der Waals surface area contributed by atoms with Gasteiger partial charge in [-0.3, -0.25) is 4.57 Å². The van der Waals surface area contributed by atoms with E-state index < -0.39 is 0 Å². The molecule has 0 radical (unpaired) electrons. The minimum Gasteiger partial charge on any atom is -0.309 e. The van der Waals surface area contributed by atoms with Crippen LogP contribution in [-0.2, 0) is 0 Å². The summed E-state index contributed by atoms with van der Waals surface area (Å²) in [5, 5.41) is 10.8. The fraction of sp³-hybridized carbons (Fsp3) is 0. The summed E-state index contributed by atoms with van der Waals surface area (Å²) in [6, 6.07) is 69.7. The zero-order valence-electron chi connectivity index (χ0n) is 30.3. The number of fused-ring (bicyclic) bond motifs is 10. The molecule has 0 atom stereocenters. The molecule has 0 unspecified atom stereocenters. The molecule has 56 heavy (non-hydrogen) atoms. The molecule has 12 rings (SSSR count). The van der Waals surface area contributed by atoms with Crippen molar-refractivity contribution in [3.05, 3.63) is 194 Å². The monoisotopic (exact) mass is 712 g/mol. The maximum Gasteiger partial charge on any atom is 0.235 e. The fourth-order valence-electron chi connectivity index (χ4n) is 8.98. The summed E-state index contributed by atoms with van der Waals surface area (Å²) in [5.41, 5.74) is 10.9. The van der Waals surface area contributed by atoms with Crippen molar-refractivity contribution in [2.24, 2.45) is 0 Å². The zero-order chi connectivity index (χ0) is 36.7. The molecule has 0 saturated heterocycles. The van der Waals surface area contributed by atoms with E-state index in [1.54, 1.807) is 0 Å². The van der Waals surface area contributed by atoms with Crippen LogP contribution >= 0.6 is 0 Å². The van der Waals surface area contributed by atoms with Crippen molar-refractivity contribution >= 4 is 76.1 Å². The van der Waals surface area contributed by atoms with Gasteiger partial charge in [-0.15, -0.1) is 0 Å². The minimum absolute atomic E-state index is 0.659. The first-order chi connectivity index (χ1) is 27.8. The standard InChI is InChI=1S/C52H32N4/c1-2-15-35(16-3-1)51-42-21-8-10-22-44(42)53-52(54-51)56-47-29-27-36(31-43(47)50-39-19-7-5-14-34(39)26-30-48(50)56)37-25-28-41-40-20-9-11-23-46(40)55(49(41)32-37)45-24-12-17-33-13-4-6-18-38(33)45/h1-32H. The van der Waals surface area contributed by atoms with Gasteiger partial charge in [0.1, 0.15) is 0 Å². The molecule has 0 spiro atoms. The summed E-state index contributed by atoms with van der Waals surface area (Å²) in [4.78, 5) is 10.6. The Balaban J connectivity index is 1.13. The van der Waals surface area contributed by atoms with Crippen molar-refractivity contribution in [3.63, 3.8) is 0 Å². The lowest BCUT2D eigenvalue weighted by molar-refractivity contribution is 1.01. The Bertz CT molecular complexity index is 3530.